The Morgan fingerprint density at radius 3 is 2.51 bits per heavy atom. The molecule has 3 amide bonds. The number of aliphatic hydroxyl groups excluding tert-OH is 1. The van der Waals surface area contributed by atoms with Gasteiger partial charge in [0.1, 0.15) is 11.6 Å². The summed E-state index contributed by atoms with van der Waals surface area (Å²) in [6, 6.07) is 7.95. The molecule has 0 radical (unpaired) electrons. The van der Waals surface area contributed by atoms with E-state index in [1.165, 1.54) is 4.90 Å². The number of aliphatic hydroxyl groups is 1. The Balaban J connectivity index is 1.79. The lowest BCUT2D eigenvalue weighted by molar-refractivity contribution is -0.151. The molecule has 0 saturated carbocycles. The highest BCUT2D eigenvalue weighted by Gasteiger charge is 2.80. The molecular formula is C27H39N3O5. The van der Waals surface area contributed by atoms with Crippen LogP contribution in [0.5, 0.6) is 0 Å². The molecule has 1 spiro atoms. The first-order valence-electron chi connectivity index (χ1n) is 12.9. The number of likely N-dealkylation sites (tertiary alicyclic amines) is 1. The smallest absolute Gasteiger partial charge is 0.246 e. The highest BCUT2D eigenvalue weighted by molar-refractivity contribution is 5.99. The molecule has 3 saturated heterocycles. The summed E-state index contributed by atoms with van der Waals surface area (Å²) in [5, 5.41) is 16.4. The van der Waals surface area contributed by atoms with Crippen molar-refractivity contribution in [3.8, 4) is 0 Å². The Morgan fingerprint density at radius 1 is 1.23 bits per heavy atom. The summed E-state index contributed by atoms with van der Waals surface area (Å²) in [6.45, 7) is 9.88. The van der Waals surface area contributed by atoms with Gasteiger partial charge in [-0.15, -0.1) is 0 Å². The predicted molar refractivity (Wildman–Crippen MR) is 131 cm³/mol. The van der Waals surface area contributed by atoms with Crippen LogP contribution < -0.4 is 10.6 Å². The Labute approximate surface area is 207 Å². The van der Waals surface area contributed by atoms with E-state index in [-0.39, 0.29) is 36.3 Å². The van der Waals surface area contributed by atoms with Gasteiger partial charge in [0.15, 0.2) is 0 Å². The Morgan fingerprint density at radius 2 is 1.91 bits per heavy atom. The third-order valence-corrected chi connectivity index (χ3v) is 8.18. The zero-order valence-corrected chi connectivity index (χ0v) is 21.4. The molecule has 3 fully saturated rings. The van der Waals surface area contributed by atoms with Gasteiger partial charge in [-0.1, -0.05) is 44.2 Å². The van der Waals surface area contributed by atoms with E-state index in [1.807, 2.05) is 65.0 Å². The van der Waals surface area contributed by atoms with Crippen molar-refractivity contribution >= 4 is 17.7 Å². The fourth-order valence-corrected chi connectivity index (χ4v) is 6.63. The van der Waals surface area contributed by atoms with Crippen LogP contribution in [0.2, 0.25) is 0 Å². The van der Waals surface area contributed by atoms with Crippen LogP contribution in [-0.4, -0.2) is 70.2 Å². The Bertz CT molecular complexity index is 969. The lowest BCUT2D eigenvalue weighted by atomic mass is 9.62. The second kappa shape index (κ2) is 9.54. The zero-order valence-electron chi connectivity index (χ0n) is 21.4. The standard InChI is InChI=1S/C27H39N3O5/c1-6-12-28-23(32)20-21-25(34)30(19(15-31)13-18-10-8-7-9-11-18)22(24(33)29-16(2)3)27(21)14-17(4)26(20,5)35-27/h7-11,16-17,19-22,31H,6,12-15H2,1-5H3,(H,28,32)(H,29,33)/t17?,19-,20+,21+,22?,26-,27?/m1/s1. The van der Waals surface area contributed by atoms with Crippen LogP contribution >= 0.6 is 0 Å². The fraction of sp³-hybridized carbons (Fsp3) is 0.667. The number of fused-ring (bicyclic) bond motifs is 1. The third kappa shape index (κ3) is 4.04. The zero-order chi connectivity index (χ0) is 25.5. The normalized spacial score (nSPS) is 34.3. The molecule has 192 valence electrons. The highest BCUT2D eigenvalue weighted by atomic mass is 16.5. The van der Waals surface area contributed by atoms with Crippen LogP contribution in [0.1, 0.15) is 53.0 Å². The van der Waals surface area contributed by atoms with Gasteiger partial charge in [-0.2, -0.15) is 0 Å². The summed E-state index contributed by atoms with van der Waals surface area (Å²) in [7, 11) is 0. The molecule has 3 aliphatic rings. The van der Waals surface area contributed by atoms with E-state index in [2.05, 4.69) is 10.6 Å². The number of benzene rings is 1. The van der Waals surface area contributed by atoms with Gasteiger partial charge < -0.3 is 25.4 Å². The Hall–Kier alpha value is -2.45. The van der Waals surface area contributed by atoms with Crippen molar-refractivity contribution in [3.05, 3.63) is 35.9 Å². The average molecular weight is 486 g/mol. The molecule has 3 unspecified atom stereocenters. The van der Waals surface area contributed by atoms with Crippen molar-refractivity contribution in [1.82, 2.24) is 15.5 Å². The minimum absolute atomic E-state index is 0.0140. The lowest BCUT2D eigenvalue weighted by Crippen LogP contribution is -2.59. The summed E-state index contributed by atoms with van der Waals surface area (Å²) in [5.74, 6) is -2.26. The van der Waals surface area contributed by atoms with Crippen LogP contribution in [0.25, 0.3) is 0 Å². The minimum Gasteiger partial charge on any atom is -0.394 e. The molecule has 2 bridgehead atoms. The maximum atomic E-state index is 14.2. The number of rotatable bonds is 9. The van der Waals surface area contributed by atoms with E-state index >= 15 is 0 Å². The quantitative estimate of drug-likeness (QED) is 0.493. The number of ether oxygens (including phenoxy) is 1. The van der Waals surface area contributed by atoms with Gasteiger partial charge in [0, 0.05) is 12.6 Å². The first-order valence-corrected chi connectivity index (χ1v) is 12.9. The van der Waals surface area contributed by atoms with Crippen molar-refractivity contribution in [3.63, 3.8) is 0 Å². The molecule has 7 atom stereocenters. The number of hydrogen-bond donors (Lipinski definition) is 3. The highest BCUT2D eigenvalue weighted by Crippen LogP contribution is 2.65. The van der Waals surface area contributed by atoms with Crippen LogP contribution in [-0.2, 0) is 25.5 Å². The lowest BCUT2D eigenvalue weighted by Gasteiger charge is -2.37. The summed E-state index contributed by atoms with van der Waals surface area (Å²) in [4.78, 5) is 42.8. The van der Waals surface area contributed by atoms with Crippen LogP contribution in [0.4, 0.5) is 0 Å². The van der Waals surface area contributed by atoms with Gasteiger partial charge in [-0.25, -0.2) is 0 Å². The van der Waals surface area contributed by atoms with E-state index in [9.17, 15) is 19.5 Å². The van der Waals surface area contributed by atoms with Gasteiger partial charge >= 0.3 is 0 Å². The summed E-state index contributed by atoms with van der Waals surface area (Å²) < 4.78 is 6.69. The monoisotopic (exact) mass is 485 g/mol. The number of carbonyl (C=O) groups is 3. The molecule has 3 heterocycles. The second-order valence-electron chi connectivity index (χ2n) is 10.9. The molecule has 4 rings (SSSR count). The first-order chi connectivity index (χ1) is 16.6. The predicted octanol–water partition coefficient (Wildman–Crippen LogP) is 1.65. The van der Waals surface area contributed by atoms with Crippen molar-refractivity contribution in [1.29, 1.82) is 0 Å². The average Bonchev–Trinajstić information content (AvgIpc) is 3.33. The molecule has 3 aliphatic heterocycles. The summed E-state index contributed by atoms with van der Waals surface area (Å²) in [5.41, 5.74) is -0.989. The maximum absolute atomic E-state index is 14.2. The molecule has 0 aromatic heterocycles. The second-order valence-corrected chi connectivity index (χ2v) is 10.9. The number of nitrogens with one attached hydrogen (secondary N) is 2. The first kappa shape index (κ1) is 25.6. The number of hydrogen-bond acceptors (Lipinski definition) is 5. The van der Waals surface area contributed by atoms with E-state index in [1.54, 1.807) is 0 Å². The van der Waals surface area contributed by atoms with Crippen LogP contribution in [0.15, 0.2) is 30.3 Å². The summed E-state index contributed by atoms with van der Waals surface area (Å²) >= 11 is 0. The number of amides is 3. The van der Waals surface area contributed by atoms with Gasteiger partial charge in [0.25, 0.3) is 0 Å². The fourth-order valence-electron chi connectivity index (χ4n) is 6.63. The number of carbonyl (C=O) groups excluding carboxylic acids is 3. The molecule has 1 aromatic carbocycles. The maximum Gasteiger partial charge on any atom is 0.246 e. The molecule has 1 aromatic rings. The molecule has 8 heteroatoms. The molecule has 0 aliphatic carbocycles. The van der Waals surface area contributed by atoms with Crippen molar-refractivity contribution in [2.45, 2.75) is 83.2 Å². The van der Waals surface area contributed by atoms with E-state index in [0.29, 0.717) is 19.4 Å². The van der Waals surface area contributed by atoms with Gasteiger partial charge in [0.05, 0.1) is 30.1 Å². The molecular weight excluding hydrogens is 446 g/mol. The van der Waals surface area contributed by atoms with Crippen LogP contribution in [0, 0.1) is 17.8 Å². The molecule has 3 N–H and O–H groups in total. The topological polar surface area (TPSA) is 108 Å². The summed E-state index contributed by atoms with van der Waals surface area (Å²) in [6.07, 6.45) is 1.69. The molecule has 35 heavy (non-hydrogen) atoms. The van der Waals surface area contributed by atoms with E-state index in [4.69, 9.17) is 4.74 Å². The SMILES string of the molecule is CCCNC(=O)[C@@H]1[C@H]2C(=O)N([C@@H](CO)Cc3ccccc3)C(C(=O)NC(C)C)C23CC(C)[C@@]1(C)O3. The van der Waals surface area contributed by atoms with E-state index in [0.717, 1.165) is 12.0 Å². The Kier molecular flexibility index (Phi) is 6.99. The molecule has 8 nitrogen and oxygen atoms in total. The van der Waals surface area contributed by atoms with E-state index < -0.39 is 35.1 Å². The van der Waals surface area contributed by atoms with Gasteiger partial charge in [-0.05, 0) is 51.5 Å². The third-order valence-electron chi connectivity index (χ3n) is 8.18. The number of nitrogens with zero attached hydrogens (tertiary/aromatic N) is 1. The van der Waals surface area contributed by atoms with Crippen molar-refractivity contribution in [2.24, 2.45) is 17.8 Å². The minimum atomic E-state index is -1.11. The van der Waals surface area contributed by atoms with Crippen molar-refractivity contribution in [2.75, 3.05) is 13.2 Å². The van der Waals surface area contributed by atoms with Crippen LogP contribution in [0.3, 0.4) is 0 Å². The largest absolute Gasteiger partial charge is 0.394 e. The van der Waals surface area contributed by atoms with Gasteiger partial charge in [0.2, 0.25) is 17.7 Å². The van der Waals surface area contributed by atoms with Gasteiger partial charge in [-0.3, -0.25) is 14.4 Å². The van der Waals surface area contributed by atoms with Crippen molar-refractivity contribution < 1.29 is 24.2 Å².